The Balaban J connectivity index is 1.31. The van der Waals surface area contributed by atoms with Crippen LogP contribution in [0.2, 0.25) is 0 Å². The van der Waals surface area contributed by atoms with Gasteiger partial charge in [0.2, 0.25) is 0 Å². The quantitative estimate of drug-likeness (QED) is 0.280. The molecule has 40 heavy (non-hydrogen) atoms. The molecule has 3 aromatic carbocycles. The Bertz CT molecular complexity index is 1680. The summed E-state index contributed by atoms with van der Waals surface area (Å²) >= 11 is 0. The Kier molecular flexibility index (Phi) is 7.60. The monoisotopic (exact) mass is 535 g/mol. The molecule has 0 spiro atoms. The molecule has 5 rings (SSSR count). The van der Waals surface area contributed by atoms with Crippen LogP contribution in [0.3, 0.4) is 0 Å². The van der Waals surface area contributed by atoms with Gasteiger partial charge in [0.1, 0.15) is 42.1 Å². The molecule has 1 aliphatic carbocycles. The van der Waals surface area contributed by atoms with Gasteiger partial charge >= 0.3 is 5.97 Å². The van der Waals surface area contributed by atoms with Crippen molar-refractivity contribution in [3.05, 3.63) is 111 Å². The zero-order chi connectivity index (χ0) is 28.4. The molecule has 1 unspecified atom stereocenters. The highest BCUT2D eigenvalue weighted by molar-refractivity contribution is 5.85. The van der Waals surface area contributed by atoms with E-state index in [4.69, 9.17) is 14.0 Å². The summed E-state index contributed by atoms with van der Waals surface area (Å²) in [6, 6.07) is 20.0. The number of carboxylic acid groups (broad SMARTS) is 1. The second-order valence-electron chi connectivity index (χ2n) is 10.5. The maximum absolute atomic E-state index is 11.5. The number of carboxylic acids is 1. The average molecular weight is 536 g/mol. The molecule has 4 aromatic rings. The fraction of sp³-hybridized carbons (Fsp3) is 0.235. The van der Waals surface area contributed by atoms with Crippen molar-refractivity contribution in [3.8, 4) is 22.6 Å². The van der Waals surface area contributed by atoms with Crippen LogP contribution in [0.25, 0.3) is 23.3 Å². The fourth-order valence-corrected chi connectivity index (χ4v) is 4.98. The van der Waals surface area contributed by atoms with Gasteiger partial charge in [-0.1, -0.05) is 80.2 Å². The Morgan fingerprint density at radius 1 is 0.975 bits per heavy atom. The SMILES string of the molecule is C=C1C=c2cc(-c3ccc(OCc4c(COc5c(C)cccc5C)noc4C(C)C)cc3)ccc2=CC1C(=O)O. The van der Waals surface area contributed by atoms with E-state index < -0.39 is 11.9 Å². The largest absolute Gasteiger partial charge is 0.489 e. The third kappa shape index (κ3) is 5.57. The van der Waals surface area contributed by atoms with Gasteiger partial charge in [-0.15, -0.1) is 0 Å². The van der Waals surface area contributed by atoms with E-state index in [1.165, 1.54) is 0 Å². The highest BCUT2D eigenvalue weighted by Gasteiger charge is 2.21. The van der Waals surface area contributed by atoms with Crippen LogP contribution in [0.1, 0.15) is 47.9 Å². The summed E-state index contributed by atoms with van der Waals surface area (Å²) in [5.74, 6) is 0.974. The number of aromatic nitrogens is 1. The second kappa shape index (κ2) is 11.3. The van der Waals surface area contributed by atoms with Gasteiger partial charge in [0.15, 0.2) is 0 Å². The average Bonchev–Trinajstić information content (AvgIpc) is 3.34. The standard InChI is InChI=1S/C34H33NO5/c1-20(2)32-30(31(35-40-32)19-39-33-21(3)7-6-8-22(33)4)18-38-28-13-11-24(12-14-28)25-9-10-26-17-29(34(36)37)23(5)15-27(26)16-25/h6-17,20,29H,5,18-19H2,1-4H3,(H,36,37). The number of aryl methyl sites for hydroxylation is 2. The van der Waals surface area contributed by atoms with Crippen molar-refractivity contribution in [2.45, 2.75) is 46.8 Å². The highest BCUT2D eigenvalue weighted by atomic mass is 16.5. The number of hydrogen-bond donors (Lipinski definition) is 1. The lowest BCUT2D eigenvalue weighted by Crippen LogP contribution is -2.32. The molecule has 1 heterocycles. The number of carbonyl (C=O) groups is 1. The topological polar surface area (TPSA) is 81.8 Å². The molecule has 1 aromatic heterocycles. The van der Waals surface area contributed by atoms with Gasteiger partial charge in [-0.2, -0.15) is 0 Å². The number of nitrogens with zero attached hydrogens (tertiary/aromatic N) is 1. The Labute approximate surface area is 233 Å². The van der Waals surface area contributed by atoms with E-state index in [0.29, 0.717) is 18.8 Å². The summed E-state index contributed by atoms with van der Waals surface area (Å²) < 4.78 is 18.0. The molecule has 0 saturated heterocycles. The molecule has 0 saturated carbocycles. The molecule has 204 valence electrons. The number of hydrogen-bond acceptors (Lipinski definition) is 5. The number of para-hydroxylation sites is 1. The molecule has 0 aliphatic heterocycles. The van der Waals surface area contributed by atoms with E-state index in [-0.39, 0.29) is 5.92 Å². The van der Waals surface area contributed by atoms with Gasteiger partial charge < -0.3 is 19.1 Å². The molecular weight excluding hydrogens is 502 g/mol. The molecule has 6 nitrogen and oxygen atoms in total. The molecule has 0 fully saturated rings. The van der Waals surface area contributed by atoms with E-state index in [0.717, 1.165) is 61.2 Å². The number of fused-ring (bicyclic) bond motifs is 1. The van der Waals surface area contributed by atoms with Crippen LogP contribution in [0, 0.1) is 19.8 Å². The summed E-state index contributed by atoms with van der Waals surface area (Å²) in [4.78, 5) is 11.5. The van der Waals surface area contributed by atoms with Crippen molar-refractivity contribution in [3.63, 3.8) is 0 Å². The lowest BCUT2D eigenvalue weighted by atomic mass is 9.92. The minimum Gasteiger partial charge on any atom is -0.489 e. The van der Waals surface area contributed by atoms with Crippen LogP contribution < -0.4 is 19.9 Å². The zero-order valence-corrected chi connectivity index (χ0v) is 23.2. The van der Waals surface area contributed by atoms with Crippen molar-refractivity contribution >= 4 is 18.1 Å². The molecule has 0 radical (unpaired) electrons. The number of ether oxygens (including phenoxy) is 2. The van der Waals surface area contributed by atoms with E-state index in [1.807, 2.05) is 74.5 Å². The van der Waals surface area contributed by atoms with Gasteiger partial charge in [0, 0.05) is 5.92 Å². The first-order chi connectivity index (χ1) is 19.2. The Morgan fingerprint density at radius 2 is 1.68 bits per heavy atom. The second-order valence-corrected chi connectivity index (χ2v) is 10.5. The van der Waals surface area contributed by atoms with E-state index >= 15 is 0 Å². The van der Waals surface area contributed by atoms with Crippen LogP contribution in [0.4, 0.5) is 0 Å². The van der Waals surface area contributed by atoms with Crippen molar-refractivity contribution in [1.29, 1.82) is 0 Å². The Morgan fingerprint density at radius 3 is 2.35 bits per heavy atom. The van der Waals surface area contributed by atoms with Crippen molar-refractivity contribution < 1.29 is 23.9 Å². The number of aliphatic carboxylic acids is 1. The van der Waals surface area contributed by atoms with Gasteiger partial charge in [-0.3, -0.25) is 4.79 Å². The molecule has 1 N–H and O–H groups in total. The summed E-state index contributed by atoms with van der Waals surface area (Å²) in [6.45, 7) is 12.7. The number of rotatable bonds is 9. The first-order valence-electron chi connectivity index (χ1n) is 13.4. The van der Waals surface area contributed by atoms with Crippen LogP contribution in [-0.2, 0) is 18.0 Å². The summed E-state index contributed by atoms with van der Waals surface area (Å²) in [5.41, 5.74) is 6.44. The first kappa shape index (κ1) is 27.0. The van der Waals surface area contributed by atoms with Gasteiger partial charge in [0.05, 0.1) is 5.56 Å². The van der Waals surface area contributed by atoms with Gasteiger partial charge in [-0.05, 0) is 70.3 Å². The lowest BCUT2D eigenvalue weighted by Gasteiger charge is -2.13. The molecule has 6 heteroatoms. The van der Waals surface area contributed by atoms with E-state index in [9.17, 15) is 9.90 Å². The van der Waals surface area contributed by atoms with Crippen LogP contribution in [0.15, 0.2) is 77.3 Å². The van der Waals surface area contributed by atoms with Crippen molar-refractivity contribution in [2.75, 3.05) is 0 Å². The maximum Gasteiger partial charge on any atom is 0.314 e. The highest BCUT2D eigenvalue weighted by Crippen LogP contribution is 2.28. The third-order valence-corrected chi connectivity index (χ3v) is 7.20. The first-order valence-corrected chi connectivity index (χ1v) is 13.4. The predicted molar refractivity (Wildman–Crippen MR) is 155 cm³/mol. The molecule has 0 bridgehead atoms. The predicted octanol–water partition coefficient (Wildman–Crippen LogP) is 6.07. The van der Waals surface area contributed by atoms with Crippen molar-refractivity contribution in [1.82, 2.24) is 5.16 Å². The fourth-order valence-electron chi connectivity index (χ4n) is 4.98. The van der Waals surface area contributed by atoms with Gasteiger partial charge in [-0.25, -0.2) is 0 Å². The van der Waals surface area contributed by atoms with Crippen LogP contribution in [0.5, 0.6) is 11.5 Å². The van der Waals surface area contributed by atoms with Crippen molar-refractivity contribution in [2.24, 2.45) is 5.92 Å². The van der Waals surface area contributed by atoms with Crippen LogP contribution >= 0.6 is 0 Å². The molecule has 1 atom stereocenters. The lowest BCUT2D eigenvalue weighted by molar-refractivity contribution is -0.138. The summed E-state index contributed by atoms with van der Waals surface area (Å²) in [6.07, 6.45) is 3.60. The molecule has 1 aliphatic rings. The maximum atomic E-state index is 11.5. The zero-order valence-electron chi connectivity index (χ0n) is 23.2. The molecular formula is C34H33NO5. The van der Waals surface area contributed by atoms with Gasteiger partial charge in [0.25, 0.3) is 0 Å². The third-order valence-electron chi connectivity index (χ3n) is 7.20. The summed E-state index contributed by atoms with van der Waals surface area (Å²) in [5, 5.41) is 15.6. The molecule has 0 amide bonds. The summed E-state index contributed by atoms with van der Waals surface area (Å²) in [7, 11) is 0. The van der Waals surface area contributed by atoms with E-state index in [2.05, 4.69) is 31.6 Å². The number of benzene rings is 3. The minimum atomic E-state index is -0.890. The normalized spacial score (nSPS) is 14.3. The van der Waals surface area contributed by atoms with Crippen LogP contribution in [-0.4, -0.2) is 16.2 Å². The smallest absolute Gasteiger partial charge is 0.314 e. The Hall–Kier alpha value is -4.58. The van der Waals surface area contributed by atoms with E-state index in [1.54, 1.807) is 6.08 Å². The minimum absolute atomic E-state index is 0.155.